The van der Waals surface area contributed by atoms with Crippen molar-refractivity contribution < 1.29 is 0 Å². The second-order valence-electron chi connectivity index (χ2n) is 4.33. The normalized spacial score (nSPS) is 54.0. The molecule has 1 heteroatoms. The smallest absolute Gasteiger partial charge is 0.0262 e. The monoisotopic (exact) mass is 125 g/mol. The van der Waals surface area contributed by atoms with Crippen LogP contribution in [0.3, 0.4) is 0 Å². The van der Waals surface area contributed by atoms with Crippen molar-refractivity contribution in [1.29, 1.82) is 0 Å². The molecule has 3 fully saturated rings. The molecule has 2 unspecified atom stereocenters. The number of nitrogens with zero attached hydrogens (tertiary/aromatic N) is 1. The lowest BCUT2D eigenvalue weighted by molar-refractivity contribution is -0.286. The van der Waals surface area contributed by atoms with E-state index in [0.717, 1.165) is 6.04 Å². The third-order valence-corrected chi connectivity index (χ3v) is 4.06. The van der Waals surface area contributed by atoms with E-state index in [9.17, 15) is 0 Å². The fourth-order valence-corrected chi connectivity index (χ4v) is 2.51. The lowest BCUT2D eigenvalue weighted by Crippen LogP contribution is -2.87. The van der Waals surface area contributed by atoms with Crippen LogP contribution < -0.4 is 0 Å². The summed E-state index contributed by atoms with van der Waals surface area (Å²) in [7, 11) is 2.24. The second kappa shape index (κ2) is 1.07. The molecular weight excluding hydrogens is 110 g/mol. The van der Waals surface area contributed by atoms with E-state index in [4.69, 9.17) is 0 Å². The van der Waals surface area contributed by atoms with Gasteiger partial charge in [-0.2, -0.15) is 0 Å². The zero-order valence-electron chi connectivity index (χ0n) is 6.73. The molecule has 2 heterocycles. The average Bonchev–Trinajstić information content (AvgIpc) is 1.83. The van der Waals surface area contributed by atoms with Crippen LogP contribution in [0.5, 0.6) is 0 Å². The lowest BCUT2D eigenvalue weighted by atomic mass is 9.44. The maximum absolute atomic E-state index is 2.49. The summed E-state index contributed by atoms with van der Waals surface area (Å²) in [6.45, 7) is 7.12. The Kier molecular flexibility index (Phi) is 0.682. The molecule has 0 N–H and O–H groups in total. The minimum Gasteiger partial charge on any atom is -0.297 e. The molecule has 0 amide bonds. The molecule has 52 valence electrons. The SMILES string of the molecule is CN1C2CC1(C)C2(C)C. The van der Waals surface area contributed by atoms with E-state index in [-0.39, 0.29) is 0 Å². The topological polar surface area (TPSA) is 3.24 Å². The third kappa shape index (κ3) is 0.315. The summed E-state index contributed by atoms with van der Waals surface area (Å²) >= 11 is 0. The first kappa shape index (κ1) is 5.72. The summed E-state index contributed by atoms with van der Waals surface area (Å²) in [6.07, 6.45) is 1.43. The van der Waals surface area contributed by atoms with E-state index < -0.39 is 0 Å². The van der Waals surface area contributed by atoms with Crippen LogP contribution in [0.4, 0.5) is 0 Å². The Morgan fingerprint density at radius 2 is 1.89 bits per heavy atom. The zero-order valence-corrected chi connectivity index (χ0v) is 6.73. The van der Waals surface area contributed by atoms with Gasteiger partial charge in [-0.1, -0.05) is 13.8 Å². The van der Waals surface area contributed by atoms with Gasteiger partial charge in [0.25, 0.3) is 0 Å². The van der Waals surface area contributed by atoms with Crippen molar-refractivity contribution in [3.05, 3.63) is 0 Å². The van der Waals surface area contributed by atoms with Crippen molar-refractivity contribution in [2.24, 2.45) is 5.41 Å². The molecule has 3 aliphatic rings. The van der Waals surface area contributed by atoms with Gasteiger partial charge in [-0.15, -0.1) is 0 Å². The molecule has 2 bridgehead atoms. The summed E-state index contributed by atoms with van der Waals surface area (Å²) in [5.41, 5.74) is 1.17. The molecule has 2 aliphatic heterocycles. The third-order valence-electron chi connectivity index (χ3n) is 4.06. The van der Waals surface area contributed by atoms with E-state index in [1.807, 2.05) is 0 Å². The number of rotatable bonds is 0. The van der Waals surface area contributed by atoms with Crippen molar-refractivity contribution in [2.45, 2.75) is 38.8 Å². The van der Waals surface area contributed by atoms with Crippen molar-refractivity contribution in [3.8, 4) is 0 Å². The highest BCUT2D eigenvalue weighted by molar-refractivity contribution is 5.27. The van der Waals surface area contributed by atoms with Crippen LogP contribution in [0.15, 0.2) is 0 Å². The molecule has 0 spiro atoms. The van der Waals surface area contributed by atoms with Crippen molar-refractivity contribution >= 4 is 0 Å². The van der Waals surface area contributed by atoms with Gasteiger partial charge in [0.2, 0.25) is 0 Å². The highest BCUT2D eigenvalue weighted by Gasteiger charge is 2.72. The van der Waals surface area contributed by atoms with Crippen LogP contribution in [0.25, 0.3) is 0 Å². The van der Waals surface area contributed by atoms with E-state index in [1.165, 1.54) is 6.42 Å². The first-order valence-corrected chi connectivity index (χ1v) is 3.73. The van der Waals surface area contributed by atoms with Crippen LogP contribution >= 0.6 is 0 Å². The highest BCUT2D eigenvalue weighted by Crippen LogP contribution is 2.65. The van der Waals surface area contributed by atoms with E-state index >= 15 is 0 Å². The molecule has 0 radical (unpaired) electrons. The first-order chi connectivity index (χ1) is 4.00. The largest absolute Gasteiger partial charge is 0.297 e. The van der Waals surface area contributed by atoms with Crippen molar-refractivity contribution in [1.82, 2.24) is 4.90 Å². The molecule has 1 saturated carbocycles. The standard InChI is InChI=1S/C8H15N/c1-7(2)6-5-8(7,3)9(6)4/h6H,5H2,1-4H3. The number of hydrogen-bond acceptors (Lipinski definition) is 1. The Hall–Kier alpha value is -0.0400. The fraction of sp³-hybridized carbons (Fsp3) is 1.00. The minimum absolute atomic E-state index is 0.553. The van der Waals surface area contributed by atoms with Gasteiger partial charge < -0.3 is 0 Å². The molecule has 1 nitrogen and oxygen atoms in total. The predicted molar refractivity (Wildman–Crippen MR) is 38.4 cm³/mol. The van der Waals surface area contributed by atoms with Crippen molar-refractivity contribution in [3.63, 3.8) is 0 Å². The van der Waals surface area contributed by atoms with E-state index in [2.05, 4.69) is 32.7 Å². The van der Waals surface area contributed by atoms with Gasteiger partial charge in [-0.05, 0) is 25.8 Å². The summed E-state index contributed by atoms with van der Waals surface area (Å²) in [5, 5.41) is 0. The molecule has 2 saturated heterocycles. The van der Waals surface area contributed by atoms with Gasteiger partial charge in [0.05, 0.1) is 0 Å². The van der Waals surface area contributed by atoms with Gasteiger partial charge in [0.1, 0.15) is 0 Å². The Labute approximate surface area is 57.0 Å². The van der Waals surface area contributed by atoms with Gasteiger partial charge in [0, 0.05) is 11.6 Å². The van der Waals surface area contributed by atoms with Gasteiger partial charge in [0.15, 0.2) is 0 Å². The lowest BCUT2D eigenvalue weighted by Gasteiger charge is -2.79. The Morgan fingerprint density at radius 3 is 1.89 bits per heavy atom. The molecule has 1 aliphatic carbocycles. The predicted octanol–water partition coefficient (Wildman–Crippen LogP) is 1.49. The minimum atomic E-state index is 0.553. The van der Waals surface area contributed by atoms with E-state index in [1.54, 1.807) is 0 Å². The van der Waals surface area contributed by atoms with Crippen LogP contribution in [0.1, 0.15) is 27.2 Å². The average molecular weight is 125 g/mol. The van der Waals surface area contributed by atoms with Gasteiger partial charge in [-0.25, -0.2) is 0 Å². The fourth-order valence-electron chi connectivity index (χ4n) is 2.51. The molecule has 9 heavy (non-hydrogen) atoms. The van der Waals surface area contributed by atoms with Crippen LogP contribution in [-0.2, 0) is 0 Å². The molecule has 2 atom stereocenters. The summed E-state index contributed by atoms with van der Waals surface area (Å²) in [6, 6.07) is 0.891. The second-order valence-corrected chi connectivity index (χ2v) is 4.33. The van der Waals surface area contributed by atoms with Gasteiger partial charge >= 0.3 is 0 Å². The zero-order chi connectivity index (χ0) is 6.86. The number of hydrogen-bond donors (Lipinski definition) is 0. The maximum atomic E-state index is 2.49. The molecule has 0 aromatic heterocycles. The van der Waals surface area contributed by atoms with Crippen LogP contribution in [0, 0.1) is 5.41 Å². The Bertz CT molecular complexity index is 162. The highest BCUT2D eigenvalue weighted by atomic mass is 15.4. The first-order valence-electron chi connectivity index (χ1n) is 3.73. The molecular formula is C8H15N. The maximum Gasteiger partial charge on any atom is 0.0262 e. The van der Waals surface area contributed by atoms with Crippen LogP contribution in [-0.4, -0.2) is 23.5 Å². The Morgan fingerprint density at radius 1 is 1.33 bits per heavy atom. The van der Waals surface area contributed by atoms with E-state index in [0.29, 0.717) is 11.0 Å². The van der Waals surface area contributed by atoms with Crippen molar-refractivity contribution in [2.75, 3.05) is 7.05 Å². The molecule has 0 aromatic carbocycles. The van der Waals surface area contributed by atoms with Crippen LogP contribution in [0.2, 0.25) is 0 Å². The Balaban J connectivity index is 2.26. The van der Waals surface area contributed by atoms with Gasteiger partial charge in [-0.3, -0.25) is 4.90 Å². The molecule has 3 rings (SSSR count). The summed E-state index contributed by atoms with van der Waals surface area (Å²) in [5.74, 6) is 0. The quantitative estimate of drug-likeness (QED) is 0.474. The molecule has 0 aromatic rings. The summed E-state index contributed by atoms with van der Waals surface area (Å²) < 4.78 is 0. The summed E-state index contributed by atoms with van der Waals surface area (Å²) in [4.78, 5) is 2.49.